The molecule has 1 aliphatic heterocycles. The van der Waals surface area contributed by atoms with Crippen molar-refractivity contribution in [2.45, 2.75) is 32.6 Å². The van der Waals surface area contributed by atoms with Crippen molar-refractivity contribution in [3.63, 3.8) is 0 Å². The predicted molar refractivity (Wildman–Crippen MR) is 53.6 cm³/mol. The molecule has 1 unspecified atom stereocenters. The van der Waals surface area contributed by atoms with Crippen molar-refractivity contribution in [1.82, 2.24) is 4.90 Å². The van der Waals surface area contributed by atoms with Crippen LogP contribution >= 0.6 is 0 Å². The van der Waals surface area contributed by atoms with Crippen LogP contribution in [0.4, 0.5) is 0 Å². The van der Waals surface area contributed by atoms with Crippen molar-refractivity contribution >= 4 is 0 Å². The van der Waals surface area contributed by atoms with Crippen molar-refractivity contribution in [3.05, 3.63) is 0 Å². The van der Waals surface area contributed by atoms with Crippen molar-refractivity contribution in [2.24, 2.45) is 11.3 Å². The number of hydrogen-bond acceptors (Lipinski definition) is 2. The summed E-state index contributed by atoms with van der Waals surface area (Å²) in [5.41, 5.74) is 0.317. The fourth-order valence-corrected chi connectivity index (χ4v) is 2.45. The molecule has 0 amide bonds. The standard InChI is InChI=1S/C11H21NO/c1-10-3-2-6-12(7-10)8-11(9-13)4-5-11/h10,13H,2-9H2,1H3. The zero-order chi connectivity index (χ0) is 9.31. The molecule has 76 valence electrons. The molecule has 0 aromatic rings. The average Bonchev–Trinajstić information content (AvgIpc) is 2.86. The Morgan fingerprint density at radius 1 is 1.46 bits per heavy atom. The predicted octanol–water partition coefficient (Wildman–Crippen LogP) is 1.49. The smallest absolute Gasteiger partial charge is 0.0499 e. The van der Waals surface area contributed by atoms with Gasteiger partial charge in [0.15, 0.2) is 0 Å². The van der Waals surface area contributed by atoms with Crippen LogP contribution in [-0.4, -0.2) is 36.2 Å². The van der Waals surface area contributed by atoms with Crippen LogP contribution in [0, 0.1) is 11.3 Å². The molecule has 0 aromatic heterocycles. The lowest BCUT2D eigenvalue weighted by Crippen LogP contribution is -2.39. The summed E-state index contributed by atoms with van der Waals surface area (Å²) in [5.74, 6) is 0.864. The number of piperidine rings is 1. The van der Waals surface area contributed by atoms with Crippen LogP contribution < -0.4 is 0 Å². The maximum atomic E-state index is 9.23. The molecule has 2 aliphatic rings. The molecule has 2 heteroatoms. The molecule has 2 nitrogen and oxygen atoms in total. The third-order valence-electron chi connectivity index (χ3n) is 3.59. The zero-order valence-corrected chi connectivity index (χ0v) is 8.63. The minimum atomic E-state index is 0.317. The summed E-state index contributed by atoms with van der Waals surface area (Å²) in [6, 6.07) is 0. The zero-order valence-electron chi connectivity index (χ0n) is 8.63. The van der Waals surface area contributed by atoms with Gasteiger partial charge in [-0.2, -0.15) is 0 Å². The minimum absolute atomic E-state index is 0.317. The number of nitrogens with zero attached hydrogens (tertiary/aromatic N) is 1. The highest BCUT2D eigenvalue weighted by Gasteiger charge is 2.43. The van der Waals surface area contributed by atoms with Crippen LogP contribution in [0.25, 0.3) is 0 Å². The van der Waals surface area contributed by atoms with Crippen LogP contribution in [0.5, 0.6) is 0 Å². The van der Waals surface area contributed by atoms with Crippen molar-refractivity contribution in [3.8, 4) is 0 Å². The highest BCUT2D eigenvalue weighted by Crippen LogP contribution is 2.46. The molecule has 0 aromatic carbocycles. The molecular weight excluding hydrogens is 162 g/mol. The second kappa shape index (κ2) is 3.58. The van der Waals surface area contributed by atoms with E-state index in [1.54, 1.807) is 0 Å². The Kier molecular flexibility index (Phi) is 2.61. The lowest BCUT2D eigenvalue weighted by atomic mass is 9.98. The summed E-state index contributed by atoms with van der Waals surface area (Å²) >= 11 is 0. The van der Waals surface area contributed by atoms with E-state index in [2.05, 4.69) is 11.8 Å². The van der Waals surface area contributed by atoms with E-state index in [4.69, 9.17) is 0 Å². The molecule has 1 N–H and O–H groups in total. The van der Waals surface area contributed by atoms with E-state index < -0.39 is 0 Å². The molecule has 0 spiro atoms. The number of likely N-dealkylation sites (tertiary alicyclic amines) is 1. The fraction of sp³-hybridized carbons (Fsp3) is 1.00. The van der Waals surface area contributed by atoms with Gasteiger partial charge >= 0.3 is 0 Å². The Hall–Kier alpha value is -0.0800. The molecule has 1 aliphatic carbocycles. The lowest BCUT2D eigenvalue weighted by molar-refractivity contribution is 0.115. The Bertz CT molecular complexity index is 177. The van der Waals surface area contributed by atoms with Crippen molar-refractivity contribution < 1.29 is 5.11 Å². The van der Waals surface area contributed by atoms with E-state index in [1.807, 2.05) is 0 Å². The molecule has 1 atom stereocenters. The molecule has 1 saturated heterocycles. The maximum absolute atomic E-state index is 9.23. The quantitative estimate of drug-likeness (QED) is 0.716. The summed E-state index contributed by atoms with van der Waals surface area (Å²) in [6.45, 7) is 6.39. The third kappa shape index (κ3) is 2.23. The third-order valence-corrected chi connectivity index (χ3v) is 3.59. The van der Waals surface area contributed by atoms with Crippen LogP contribution in [0.1, 0.15) is 32.6 Å². The first-order chi connectivity index (χ1) is 6.24. The Balaban J connectivity index is 1.80. The van der Waals surface area contributed by atoms with Crippen LogP contribution in [0.3, 0.4) is 0 Å². The number of aliphatic hydroxyl groups excluding tert-OH is 1. The first-order valence-electron chi connectivity index (χ1n) is 5.57. The van der Waals surface area contributed by atoms with Gasteiger partial charge in [0.25, 0.3) is 0 Å². The summed E-state index contributed by atoms with van der Waals surface area (Å²) in [5, 5.41) is 9.23. The molecule has 13 heavy (non-hydrogen) atoms. The van der Waals surface area contributed by atoms with Crippen LogP contribution in [0.2, 0.25) is 0 Å². The minimum Gasteiger partial charge on any atom is -0.396 e. The van der Waals surface area contributed by atoms with Gasteiger partial charge in [-0.25, -0.2) is 0 Å². The monoisotopic (exact) mass is 183 g/mol. The summed E-state index contributed by atoms with van der Waals surface area (Å²) in [7, 11) is 0. The van der Waals surface area contributed by atoms with Crippen LogP contribution in [0.15, 0.2) is 0 Å². The second-order valence-corrected chi connectivity index (χ2v) is 5.14. The molecule has 1 saturated carbocycles. The summed E-state index contributed by atoms with van der Waals surface area (Å²) in [4.78, 5) is 2.55. The van der Waals surface area contributed by atoms with Crippen LogP contribution in [-0.2, 0) is 0 Å². The van der Waals surface area contributed by atoms with E-state index in [1.165, 1.54) is 38.8 Å². The Morgan fingerprint density at radius 3 is 2.77 bits per heavy atom. The number of aliphatic hydroxyl groups is 1. The normalized spacial score (nSPS) is 33.2. The number of rotatable bonds is 3. The fourth-order valence-electron chi connectivity index (χ4n) is 2.45. The molecule has 2 rings (SSSR count). The highest BCUT2D eigenvalue weighted by atomic mass is 16.3. The van der Waals surface area contributed by atoms with Gasteiger partial charge in [-0.3, -0.25) is 0 Å². The molecular formula is C11H21NO. The van der Waals surface area contributed by atoms with Gasteiger partial charge in [-0.1, -0.05) is 6.92 Å². The number of hydrogen-bond donors (Lipinski definition) is 1. The largest absolute Gasteiger partial charge is 0.396 e. The SMILES string of the molecule is CC1CCCN(CC2(CO)CC2)C1. The van der Waals surface area contributed by atoms with Gasteiger partial charge in [0, 0.05) is 25.1 Å². The van der Waals surface area contributed by atoms with Gasteiger partial charge in [-0.05, 0) is 38.1 Å². The Morgan fingerprint density at radius 2 is 2.23 bits per heavy atom. The van der Waals surface area contributed by atoms with Gasteiger partial charge in [0.1, 0.15) is 0 Å². The summed E-state index contributed by atoms with van der Waals surface area (Å²) in [6.07, 6.45) is 5.23. The van der Waals surface area contributed by atoms with E-state index in [-0.39, 0.29) is 0 Å². The van der Waals surface area contributed by atoms with Crippen molar-refractivity contribution in [2.75, 3.05) is 26.2 Å². The molecule has 0 radical (unpaired) electrons. The van der Waals surface area contributed by atoms with Gasteiger partial charge in [-0.15, -0.1) is 0 Å². The van der Waals surface area contributed by atoms with Crippen molar-refractivity contribution in [1.29, 1.82) is 0 Å². The van der Waals surface area contributed by atoms with Gasteiger partial charge < -0.3 is 10.0 Å². The van der Waals surface area contributed by atoms with E-state index >= 15 is 0 Å². The summed E-state index contributed by atoms with van der Waals surface area (Å²) < 4.78 is 0. The highest BCUT2D eigenvalue weighted by molar-refractivity contribution is 4.95. The lowest BCUT2D eigenvalue weighted by Gasteiger charge is -2.33. The molecule has 0 bridgehead atoms. The average molecular weight is 183 g/mol. The van der Waals surface area contributed by atoms with Gasteiger partial charge in [0.2, 0.25) is 0 Å². The first kappa shape index (κ1) is 9.47. The Labute approximate surface area is 80.9 Å². The second-order valence-electron chi connectivity index (χ2n) is 5.14. The topological polar surface area (TPSA) is 23.5 Å². The molecule has 2 fully saturated rings. The van der Waals surface area contributed by atoms with E-state index in [0.717, 1.165) is 12.5 Å². The maximum Gasteiger partial charge on any atom is 0.0499 e. The van der Waals surface area contributed by atoms with Gasteiger partial charge in [0.05, 0.1) is 0 Å². The molecule has 1 heterocycles. The van der Waals surface area contributed by atoms with E-state index in [0.29, 0.717) is 12.0 Å². The first-order valence-corrected chi connectivity index (χ1v) is 5.57. The van der Waals surface area contributed by atoms with E-state index in [9.17, 15) is 5.11 Å².